The summed E-state index contributed by atoms with van der Waals surface area (Å²) >= 11 is 0. The van der Waals surface area contributed by atoms with E-state index in [0.29, 0.717) is 158 Å². The Morgan fingerprint density at radius 3 is 1.00 bits per heavy atom. The maximum Gasteiger partial charge on any atom is 0.211 e. The van der Waals surface area contributed by atoms with E-state index in [1.165, 1.54) is 21.1 Å². The molecule has 6 fully saturated rings. The van der Waals surface area contributed by atoms with Crippen molar-refractivity contribution in [1.29, 1.82) is 0 Å². The molecule has 0 amide bonds. The smallest absolute Gasteiger partial charge is 0.211 e. The van der Waals surface area contributed by atoms with Gasteiger partial charge in [-0.05, 0) is 124 Å². The van der Waals surface area contributed by atoms with Crippen LogP contribution in [0.5, 0.6) is 17.2 Å². The summed E-state index contributed by atoms with van der Waals surface area (Å²) in [6, 6.07) is 29.1. The van der Waals surface area contributed by atoms with E-state index in [-0.39, 0.29) is 117 Å². The molecule has 0 bridgehead atoms. The van der Waals surface area contributed by atoms with Gasteiger partial charge in [0.15, 0.2) is 16.7 Å². The fraction of sp³-hybridized carbons (Fsp3) is 0.438. The molecule has 3 aliphatic heterocycles. The molecule has 3 unspecified atom stereocenters. The van der Waals surface area contributed by atoms with Crippen LogP contribution in [0.1, 0.15) is 92.6 Å². The van der Waals surface area contributed by atoms with Crippen molar-refractivity contribution >= 4 is 120 Å². The molecule has 29 heteroatoms. The Hall–Kier alpha value is -7.03. The minimum atomic E-state index is -3.13. The van der Waals surface area contributed by atoms with Crippen LogP contribution in [-0.2, 0) is 90.9 Å². The first kappa shape index (κ1) is 79.1. The zero-order valence-corrected chi connectivity index (χ0v) is 65.2. The Morgan fingerprint density at radius 1 is 0.422 bits per heavy atom. The molecule has 0 spiro atoms. The van der Waals surface area contributed by atoms with Crippen molar-refractivity contribution in [1.82, 2.24) is 44.1 Å². The van der Waals surface area contributed by atoms with Crippen LogP contribution in [0.3, 0.4) is 0 Å². The molecule has 9 aromatic rings. The third-order valence-electron chi connectivity index (χ3n) is 19.6. The van der Waals surface area contributed by atoms with Gasteiger partial charge in [0.25, 0.3) is 0 Å². The second-order valence-corrected chi connectivity index (χ2v) is 30.1. The fourth-order valence-corrected chi connectivity index (χ4v) is 15.8. The number of ether oxygens (including phenoxy) is 3. The second kappa shape index (κ2) is 34.7. The first-order valence-corrected chi connectivity index (χ1v) is 37.2. The van der Waals surface area contributed by atoms with Gasteiger partial charge >= 0.3 is 0 Å². The van der Waals surface area contributed by atoms with Gasteiger partial charge < -0.3 is 47.9 Å². The number of Topliss-reactive ketones (excluding diaryl/α,β-unsaturated/α-hetero) is 6. The van der Waals surface area contributed by atoms with Gasteiger partial charge in [0, 0.05) is 160 Å². The van der Waals surface area contributed by atoms with Crippen molar-refractivity contribution in [3.63, 3.8) is 0 Å². The van der Waals surface area contributed by atoms with E-state index in [0.717, 1.165) is 98.4 Å². The topological polar surface area (TPSA) is 305 Å². The molecule has 6 aromatic carbocycles. The van der Waals surface area contributed by atoms with Crippen LogP contribution in [0.2, 0.25) is 0 Å². The molecule has 0 radical (unpaired) electrons. The van der Waals surface area contributed by atoms with E-state index in [9.17, 15) is 45.6 Å². The summed E-state index contributed by atoms with van der Waals surface area (Å²) in [5, 5.41) is 24.3. The third kappa shape index (κ3) is 18.4. The summed E-state index contributed by atoms with van der Waals surface area (Å²) < 4.78 is 84.1. The van der Waals surface area contributed by atoms with E-state index >= 15 is 0 Å². The third-order valence-corrected chi connectivity index (χ3v) is 22.2. The largest absolute Gasteiger partial charge is 0.492 e. The molecule has 102 heavy (non-hydrogen) atoms. The molecule has 3 aliphatic carbocycles. The number of carbonyl (C=O) groups is 6. The molecular weight excluding hydrogens is 1690 g/mol. The SMILES string of the molecule is CS(=O)(=O)N1CCN(CCOc2ccc3c(ccc4onc(C5CCC(=O)CC5=O)c43)c2)CC1.CS(=O)(=O)N1CCN(CCOc2ccc3c(ccc4onc(C5CCC(=O)CC5=O)c43)c2)CC1.O=C1CCC(c2noc3ccc4cc(OCCN5CCNCC5)ccc4c23)C(=O)C1.[CH3-].[CH3-].[W].[W]. The van der Waals surface area contributed by atoms with Gasteiger partial charge in [-0.25, -0.2) is 16.8 Å². The number of benzene rings is 6. The number of sulfonamides is 2. The molecule has 3 saturated carbocycles. The molecule has 6 heterocycles. The van der Waals surface area contributed by atoms with Crippen molar-refractivity contribution in [2.24, 2.45) is 0 Å². The maximum absolute atomic E-state index is 12.5. The van der Waals surface area contributed by atoms with Crippen LogP contribution in [0, 0.1) is 14.9 Å². The molecule has 3 aromatic heterocycles. The van der Waals surface area contributed by atoms with Crippen LogP contribution in [0.25, 0.3) is 65.2 Å². The quantitative estimate of drug-likeness (QED) is 0.0662. The Balaban J connectivity index is 0.000000175. The van der Waals surface area contributed by atoms with E-state index in [1.54, 1.807) is 0 Å². The normalized spacial score (nSPS) is 20.1. The van der Waals surface area contributed by atoms with Gasteiger partial charge in [-0.2, -0.15) is 8.61 Å². The summed E-state index contributed by atoms with van der Waals surface area (Å²) in [4.78, 5) is 79.1. The van der Waals surface area contributed by atoms with Crippen molar-refractivity contribution in [3.05, 3.63) is 123 Å². The van der Waals surface area contributed by atoms with E-state index in [4.69, 9.17) is 27.8 Å². The monoisotopic (exact) mass is 1780 g/mol. The average molecular weight is 1780 g/mol. The first-order valence-electron chi connectivity index (χ1n) is 33.5. The minimum absolute atomic E-state index is 0. The van der Waals surface area contributed by atoms with Crippen LogP contribution < -0.4 is 19.5 Å². The Labute approximate surface area is 621 Å². The fourth-order valence-electron chi connectivity index (χ4n) is 14.2. The van der Waals surface area contributed by atoms with Gasteiger partial charge in [0.2, 0.25) is 20.0 Å². The van der Waals surface area contributed by atoms with Gasteiger partial charge in [-0.3, -0.25) is 43.5 Å². The first-order chi connectivity index (χ1) is 47.3. The van der Waals surface area contributed by atoms with Crippen molar-refractivity contribution in [3.8, 4) is 17.2 Å². The molecule has 544 valence electrons. The predicted molar refractivity (Wildman–Crippen MR) is 379 cm³/mol. The minimum Gasteiger partial charge on any atom is -0.492 e. The summed E-state index contributed by atoms with van der Waals surface area (Å²) in [6.45, 7) is 12.9. The van der Waals surface area contributed by atoms with Crippen LogP contribution in [0.4, 0.5) is 0 Å². The van der Waals surface area contributed by atoms with E-state index < -0.39 is 31.9 Å². The summed E-state index contributed by atoms with van der Waals surface area (Å²) in [5.41, 5.74) is 3.78. The molecule has 25 nitrogen and oxygen atoms in total. The Morgan fingerprint density at radius 2 is 0.716 bits per heavy atom. The molecular formula is C73H85N9O16S2W2-2. The molecule has 3 atom stereocenters. The number of hydrogen-bond acceptors (Lipinski definition) is 23. The summed E-state index contributed by atoms with van der Waals surface area (Å²) in [6.07, 6.45) is 5.04. The number of aromatic nitrogens is 3. The number of hydrogen-bond donors (Lipinski definition) is 1. The Bertz CT molecular complexity index is 4560. The predicted octanol–water partition coefficient (Wildman–Crippen LogP) is 8.25. The maximum atomic E-state index is 12.5. The number of fused-ring (bicyclic) bond motifs is 9. The van der Waals surface area contributed by atoms with Gasteiger partial charge in [-0.15, -0.1) is 0 Å². The number of carbonyl (C=O) groups excluding carboxylic acids is 6. The number of rotatable bonds is 17. The zero-order chi connectivity index (χ0) is 68.2. The summed E-state index contributed by atoms with van der Waals surface area (Å²) in [7, 11) is -6.26. The standard InChI is InChI=1S/2C24H27N3O6S.C23H25N3O4.2CH3.2W/c2*1-34(30,31)27-10-8-26(9-11-27)12-13-32-18-4-6-19-16(14-18)2-7-22-23(19)24(25-33-22)20-5-3-17(28)15-21(20)29;27-16-2-4-19(20(28)14-16)23-22-18-5-3-17(13-15(18)1-6-21(22)30-25-23)29-12-11-26-9-7-24-8-10-26;;;;/h2*2,4,6-7,14,20H,3,5,8-13,15H2,1H3;1,3,5-6,13,19,24H,2,4,7-12,14H2;2*1H3;;/q;;;2*-1;;. The van der Waals surface area contributed by atoms with Crippen molar-refractivity contribution < 1.29 is 116 Å². The molecule has 1 N–H and O–H groups in total. The number of piperazine rings is 3. The van der Waals surface area contributed by atoms with E-state index in [2.05, 4.69) is 35.5 Å². The van der Waals surface area contributed by atoms with Crippen LogP contribution >= 0.6 is 0 Å². The number of ketones is 6. The van der Waals surface area contributed by atoms with Crippen LogP contribution in [-0.4, -0.2) is 221 Å². The Kier molecular flexibility index (Phi) is 26.9. The van der Waals surface area contributed by atoms with Crippen molar-refractivity contribution in [2.75, 3.05) is 131 Å². The average Bonchev–Trinajstić information content (AvgIpc) is 1.58. The molecule has 6 aliphatic rings. The van der Waals surface area contributed by atoms with Gasteiger partial charge in [0.1, 0.15) is 88.9 Å². The van der Waals surface area contributed by atoms with Gasteiger partial charge in [0.05, 0.1) is 65.7 Å². The van der Waals surface area contributed by atoms with Crippen molar-refractivity contribution in [2.45, 2.75) is 75.5 Å². The second-order valence-electron chi connectivity index (χ2n) is 26.1. The van der Waals surface area contributed by atoms with E-state index in [1.807, 2.05) is 91.0 Å². The zero-order valence-electron chi connectivity index (χ0n) is 57.7. The molecule has 15 rings (SSSR count). The van der Waals surface area contributed by atoms with Crippen LogP contribution in [0.15, 0.2) is 105 Å². The number of nitrogens with zero attached hydrogens (tertiary/aromatic N) is 8. The molecule has 3 saturated heterocycles. The number of nitrogens with one attached hydrogen (secondary N) is 1. The summed E-state index contributed by atoms with van der Waals surface area (Å²) in [5.74, 6) is 0.824. The van der Waals surface area contributed by atoms with Gasteiger partial charge in [-0.1, -0.05) is 33.7 Å².